The lowest BCUT2D eigenvalue weighted by atomic mass is 10.0. The zero-order chi connectivity index (χ0) is 15.5. The van der Waals surface area contributed by atoms with Gasteiger partial charge in [-0.1, -0.05) is 0 Å². The summed E-state index contributed by atoms with van der Waals surface area (Å²) in [5.74, 6) is -1.55. The number of nitrogens with zero attached hydrogens (tertiary/aromatic N) is 1. The molecule has 1 rings (SSSR count). The molecule has 0 aliphatic rings. The van der Waals surface area contributed by atoms with Crippen LogP contribution >= 0.6 is 0 Å². The van der Waals surface area contributed by atoms with Crippen molar-refractivity contribution in [2.75, 3.05) is 12.8 Å². The van der Waals surface area contributed by atoms with Gasteiger partial charge in [-0.2, -0.15) is 13.2 Å². The average molecular weight is 294 g/mol. The number of esters is 1. The number of ether oxygens (including phenoxy) is 1. The van der Waals surface area contributed by atoms with Crippen molar-refractivity contribution >= 4 is 11.8 Å². The second-order valence-corrected chi connectivity index (χ2v) is 3.99. The third kappa shape index (κ3) is 3.81. The second-order valence-electron chi connectivity index (χ2n) is 3.99. The lowest BCUT2D eigenvalue weighted by Gasteiger charge is -2.18. The van der Waals surface area contributed by atoms with Crippen LogP contribution in [-0.4, -0.2) is 34.4 Å². The number of alkyl halides is 3. The molecule has 0 saturated carbocycles. The van der Waals surface area contributed by atoms with Gasteiger partial charge in [0.05, 0.1) is 25.2 Å². The number of aromatic nitrogens is 1. The molecule has 0 amide bonds. The molecule has 2 unspecified atom stereocenters. The number of methoxy groups -OCH3 is 1. The quantitative estimate of drug-likeness (QED) is 0.704. The molecule has 0 fully saturated rings. The van der Waals surface area contributed by atoms with Gasteiger partial charge >= 0.3 is 12.1 Å². The highest BCUT2D eigenvalue weighted by atomic mass is 19.4. The van der Waals surface area contributed by atoms with E-state index in [0.717, 1.165) is 13.3 Å². The van der Waals surface area contributed by atoms with E-state index in [1.165, 1.54) is 0 Å². The maximum atomic E-state index is 12.6. The van der Waals surface area contributed by atoms with E-state index in [4.69, 9.17) is 5.73 Å². The van der Waals surface area contributed by atoms with Crippen LogP contribution in [0.25, 0.3) is 0 Å². The third-order valence-electron chi connectivity index (χ3n) is 2.55. The fraction of sp³-hybridized carbons (Fsp3) is 0.455. The van der Waals surface area contributed by atoms with Gasteiger partial charge in [0.25, 0.3) is 0 Å². The largest absolute Gasteiger partial charge is 0.469 e. The highest BCUT2D eigenvalue weighted by Crippen LogP contribution is 2.34. The zero-order valence-electron chi connectivity index (χ0n) is 10.4. The highest BCUT2D eigenvalue weighted by Gasteiger charge is 2.35. The number of hydrogen-bond donors (Lipinski definition) is 3. The van der Waals surface area contributed by atoms with E-state index >= 15 is 0 Å². The first-order chi connectivity index (χ1) is 9.16. The molecule has 0 saturated heterocycles. The van der Waals surface area contributed by atoms with E-state index in [9.17, 15) is 28.2 Å². The molecule has 0 spiro atoms. The van der Waals surface area contributed by atoms with E-state index in [1.54, 1.807) is 0 Å². The number of hydrogen-bond acceptors (Lipinski definition) is 6. The Bertz CT molecular complexity index is 493. The predicted octanol–water partition coefficient (Wildman–Crippen LogP) is 0.640. The lowest BCUT2D eigenvalue weighted by molar-refractivity contribution is -0.145. The molecule has 20 heavy (non-hydrogen) atoms. The van der Waals surface area contributed by atoms with Crippen molar-refractivity contribution in [2.24, 2.45) is 0 Å². The number of anilines is 1. The summed E-state index contributed by atoms with van der Waals surface area (Å²) in [5.41, 5.74) is 3.58. The smallest absolute Gasteiger partial charge is 0.419 e. The van der Waals surface area contributed by atoms with E-state index in [-0.39, 0.29) is 5.56 Å². The summed E-state index contributed by atoms with van der Waals surface area (Å²) in [7, 11) is 1.08. The first-order valence-corrected chi connectivity index (χ1v) is 5.42. The minimum absolute atomic E-state index is 0.303. The van der Waals surface area contributed by atoms with Gasteiger partial charge in [-0.05, 0) is 6.07 Å². The molecule has 9 heteroatoms. The van der Waals surface area contributed by atoms with Gasteiger partial charge < -0.3 is 20.7 Å². The molecule has 6 nitrogen and oxygen atoms in total. The number of aliphatic hydroxyl groups is 2. The van der Waals surface area contributed by atoms with E-state index in [0.29, 0.717) is 6.07 Å². The summed E-state index contributed by atoms with van der Waals surface area (Å²) < 4.78 is 42.1. The van der Waals surface area contributed by atoms with Crippen molar-refractivity contribution in [1.29, 1.82) is 0 Å². The molecule has 0 radical (unpaired) electrons. The van der Waals surface area contributed by atoms with Gasteiger partial charge in [-0.3, -0.25) is 4.79 Å². The predicted molar refractivity (Wildman–Crippen MR) is 61.3 cm³/mol. The van der Waals surface area contributed by atoms with Gasteiger partial charge in [-0.25, -0.2) is 4.98 Å². The van der Waals surface area contributed by atoms with Crippen molar-refractivity contribution in [3.63, 3.8) is 0 Å². The molecule has 0 aliphatic carbocycles. The number of aliphatic hydroxyl groups excluding tert-OH is 2. The fourth-order valence-corrected chi connectivity index (χ4v) is 1.47. The molecular weight excluding hydrogens is 281 g/mol. The summed E-state index contributed by atoms with van der Waals surface area (Å²) >= 11 is 0. The van der Waals surface area contributed by atoms with Crippen LogP contribution in [0.4, 0.5) is 19.0 Å². The summed E-state index contributed by atoms with van der Waals surface area (Å²) in [4.78, 5) is 14.2. The first kappa shape index (κ1) is 16.2. The number of rotatable bonds is 4. The Morgan fingerprint density at radius 3 is 2.60 bits per heavy atom. The molecular formula is C11H13F3N2O4. The Hall–Kier alpha value is -1.87. The summed E-state index contributed by atoms with van der Waals surface area (Å²) in [5, 5.41) is 19.3. The van der Waals surface area contributed by atoms with Crippen LogP contribution in [-0.2, 0) is 15.7 Å². The Morgan fingerprint density at radius 2 is 2.10 bits per heavy atom. The fourth-order valence-electron chi connectivity index (χ4n) is 1.47. The number of nitrogen functional groups attached to an aromatic ring is 1. The normalized spacial score (nSPS) is 14.7. The third-order valence-corrected chi connectivity index (χ3v) is 2.55. The summed E-state index contributed by atoms with van der Waals surface area (Å²) in [6.45, 7) is 0. The van der Waals surface area contributed by atoms with Gasteiger partial charge in [0.2, 0.25) is 0 Å². The van der Waals surface area contributed by atoms with Crippen LogP contribution in [0.5, 0.6) is 0 Å². The summed E-state index contributed by atoms with van der Waals surface area (Å²) in [6, 6.07) is 0.577. The van der Waals surface area contributed by atoms with Crippen molar-refractivity contribution in [1.82, 2.24) is 4.98 Å². The van der Waals surface area contributed by atoms with Crippen LogP contribution in [0.2, 0.25) is 0 Å². The maximum Gasteiger partial charge on any atom is 0.419 e. The first-order valence-electron chi connectivity index (χ1n) is 5.42. The van der Waals surface area contributed by atoms with E-state index in [2.05, 4.69) is 9.72 Å². The van der Waals surface area contributed by atoms with Crippen LogP contribution in [0, 0.1) is 0 Å². The Kier molecular flexibility index (Phi) is 4.90. The SMILES string of the molecule is COC(=O)CC(O)C(O)c1cnc(N)c(C(F)(F)F)c1. The Labute approximate surface area is 112 Å². The monoisotopic (exact) mass is 294 g/mol. The van der Waals surface area contributed by atoms with Crippen molar-refractivity contribution < 1.29 is 32.9 Å². The van der Waals surface area contributed by atoms with Crippen molar-refractivity contribution in [2.45, 2.75) is 24.8 Å². The lowest BCUT2D eigenvalue weighted by Crippen LogP contribution is -2.23. The topological polar surface area (TPSA) is 106 Å². The number of pyridine rings is 1. The molecule has 0 bridgehead atoms. The molecule has 1 aromatic heterocycles. The zero-order valence-corrected chi connectivity index (χ0v) is 10.4. The van der Waals surface area contributed by atoms with Crippen molar-refractivity contribution in [3.8, 4) is 0 Å². The molecule has 1 aromatic rings. The van der Waals surface area contributed by atoms with Gasteiger partial charge in [0.15, 0.2) is 0 Å². The van der Waals surface area contributed by atoms with Crippen molar-refractivity contribution in [3.05, 3.63) is 23.4 Å². The minimum atomic E-state index is -4.74. The summed E-state index contributed by atoms with van der Waals surface area (Å²) in [6.07, 6.45) is -7.74. The van der Waals surface area contributed by atoms with Gasteiger partial charge in [-0.15, -0.1) is 0 Å². The van der Waals surface area contributed by atoms with Crippen LogP contribution in [0.15, 0.2) is 12.3 Å². The molecule has 2 atom stereocenters. The Morgan fingerprint density at radius 1 is 1.50 bits per heavy atom. The molecule has 4 N–H and O–H groups in total. The standard InChI is InChI=1S/C11H13F3N2O4/c1-20-8(18)3-7(17)9(19)5-2-6(11(12,13)14)10(15)16-4-5/h2,4,7,9,17,19H,3H2,1H3,(H2,15,16). The number of carbonyl (C=O) groups is 1. The van der Waals surface area contributed by atoms with Gasteiger partial charge in [0.1, 0.15) is 11.9 Å². The average Bonchev–Trinajstić information content (AvgIpc) is 2.36. The maximum absolute atomic E-state index is 12.6. The number of nitrogens with two attached hydrogens (primary N) is 1. The highest BCUT2D eigenvalue weighted by molar-refractivity contribution is 5.69. The molecule has 0 aliphatic heterocycles. The number of carbonyl (C=O) groups excluding carboxylic acids is 1. The van der Waals surface area contributed by atoms with E-state index < -0.39 is 42.2 Å². The van der Waals surface area contributed by atoms with Crippen LogP contribution < -0.4 is 5.73 Å². The van der Waals surface area contributed by atoms with Crippen LogP contribution in [0.3, 0.4) is 0 Å². The minimum Gasteiger partial charge on any atom is -0.469 e. The molecule has 1 heterocycles. The van der Waals surface area contributed by atoms with Gasteiger partial charge in [0, 0.05) is 11.8 Å². The molecule has 0 aromatic carbocycles. The van der Waals surface area contributed by atoms with Crippen LogP contribution in [0.1, 0.15) is 23.7 Å². The number of halogens is 3. The van der Waals surface area contributed by atoms with E-state index in [1.807, 2.05) is 0 Å². The molecule has 112 valence electrons. The second kappa shape index (κ2) is 6.06. The Balaban J connectivity index is 2.99.